The summed E-state index contributed by atoms with van der Waals surface area (Å²) in [5.74, 6) is 0.909. The van der Waals surface area contributed by atoms with Crippen molar-refractivity contribution in [2.45, 2.75) is 45.3 Å². The molecule has 0 fully saturated rings. The third-order valence-electron chi connectivity index (χ3n) is 5.23. The molecule has 0 unspecified atom stereocenters. The highest BCUT2D eigenvalue weighted by atomic mass is 19.1. The number of hydrogen-bond donors (Lipinski definition) is 1. The van der Waals surface area contributed by atoms with E-state index in [4.69, 9.17) is 4.74 Å². The van der Waals surface area contributed by atoms with Crippen LogP contribution in [0.4, 0.5) is 4.39 Å². The van der Waals surface area contributed by atoms with Gasteiger partial charge in [-0.3, -0.25) is 0 Å². The van der Waals surface area contributed by atoms with E-state index in [0.29, 0.717) is 6.04 Å². The molecule has 29 heavy (non-hydrogen) atoms. The van der Waals surface area contributed by atoms with Crippen molar-refractivity contribution in [1.29, 1.82) is 0 Å². The van der Waals surface area contributed by atoms with E-state index in [1.165, 1.54) is 11.1 Å². The largest absolute Gasteiger partial charge is 0.491 e. The fraction of sp³-hybridized carbons (Fsp3) is 0.308. The van der Waals surface area contributed by atoms with Gasteiger partial charge in [-0.25, -0.2) is 4.39 Å². The van der Waals surface area contributed by atoms with Gasteiger partial charge in [-0.05, 0) is 56.2 Å². The van der Waals surface area contributed by atoms with Gasteiger partial charge >= 0.3 is 0 Å². The highest BCUT2D eigenvalue weighted by Crippen LogP contribution is 2.29. The topological polar surface area (TPSA) is 25.8 Å². The van der Waals surface area contributed by atoms with Gasteiger partial charge in [-0.1, -0.05) is 54.6 Å². The van der Waals surface area contributed by atoms with E-state index in [1.54, 1.807) is 12.1 Å². The van der Waals surface area contributed by atoms with Gasteiger partial charge < -0.3 is 10.1 Å². The molecule has 0 aliphatic carbocycles. The van der Waals surface area contributed by atoms with Crippen molar-refractivity contribution in [3.63, 3.8) is 0 Å². The second kappa shape index (κ2) is 10.2. The first kappa shape index (κ1) is 21.1. The van der Waals surface area contributed by atoms with Crippen molar-refractivity contribution >= 4 is 0 Å². The van der Waals surface area contributed by atoms with Gasteiger partial charge in [0.1, 0.15) is 17.6 Å². The Hall–Kier alpha value is -2.65. The average Bonchev–Trinajstić information content (AvgIpc) is 2.73. The lowest BCUT2D eigenvalue weighted by atomic mass is 9.88. The second-order valence-electron chi connectivity index (χ2n) is 7.85. The average molecular weight is 393 g/mol. The predicted octanol–water partition coefficient (Wildman–Crippen LogP) is 5.46. The van der Waals surface area contributed by atoms with Crippen molar-refractivity contribution in [2.75, 3.05) is 6.54 Å². The van der Waals surface area contributed by atoms with Gasteiger partial charge in [-0.2, -0.15) is 0 Å². The number of rotatable bonds is 9. The molecule has 0 aliphatic heterocycles. The zero-order chi connectivity index (χ0) is 20.6. The molecule has 0 amide bonds. The zero-order valence-electron chi connectivity index (χ0n) is 17.5. The van der Waals surface area contributed by atoms with Crippen molar-refractivity contribution in [2.24, 2.45) is 0 Å². The van der Waals surface area contributed by atoms with Crippen LogP contribution in [0.2, 0.25) is 0 Å². The fourth-order valence-corrected chi connectivity index (χ4v) is 3.68. The van der Waals surface area contributed by atoms with Crippen LogP contribution in [-0.4, -0.2) is 12.6 Å². The van der Waals surface area contributed by atoms with Crippen LogP contribution in [0.15, 0.2) is 78.9 Å². The van der Waals surface area contributed by atoms with Crippen LogP contribution in [0, 0.1) is 5.82 Å². The van der Waals surface area contributed by atoms with E-state index in [1.807, 2.05) is 44.2 Å². The molecule has 3 aromatic carbocycles. The normalized spacial score (nSPS) is 13.3. The molecule has 2 nitrogen and oxygen atoms in total. The molecule has 0 radical (unpaired) electrons. The zero-order valence-corrected chi connectivity index (χ0v) is 17.5. The highest BCUT2D eigenvalue weighted by Gasteiger charge is 2.17. The summed E-state index contributed by atoms with van der Waals surface area (Å²) in [4.78, 5) is 0. The van der Waals surface area contributed by atoms with E-state index >= 15 is 0 Å². The molecule has 0 aliphatic rings. The minimum atomic E-state index is -0.197. The Labute approximate surface area is 173 Å². The summed E-state index contributed by atoms with van der Waals surface area (Å²) >= 11 is 0. The van der Waals surface area contributed by atoms with Gasteiger partial charge in [0.25, 0.3) is 0 Å². The van der Waals surface area contributed by atoms with Crippen LogP contribution < -0.4 is 10.1 Å². The Kier molecular flexibility index (Phi) is 7.42. The van der Waals surface area contributed by atoms with Crippen molar-refractivity contribution < 1.29 is 14.4 Å². The summed E-state index contributed by atoms with van der Waals surface area (Å²) in [7, 11) is 0. The van der Waals surface area contributed by atoms with E-state index in [9.17, 15) is 4.39 Å². The fourth-order valence-electron chi connectivity index (χ4n) is 3.68. The van der Waals surface area contributed by atoms with Crippen molar-refractivity contribution in [1.82, 2.24) is 0 Å². The second-order valence-corrected chi connectivity index (χ2v) is 7.85. The van der Waals surface area contributed by atoms with Crippen LogP contribution in [-0.2, 0) is 0 Å². The summed E-state index contributed by atoms with van der Waals surface area (Å²) in [6.07, 6.45) is 1.13. The first-order valence-corrected chi connectivity index (χ1v) is 10.4. The number of ether oxygens (including phenoxy) is 1. The first-order valence-electron chi connectivity index (χ1n) is 10.4. The third-order valence-corrected chi connectivity index (χ3v) is 5.23. The number of halogens is 1. The Morgan fingerprint density at radius 2 is 1.34 bits per heavy atom. The molecule has 0 aromatic heterocycles. The monoisotopic (exact) mass is 392 g/mol. The van der Waals surface area contributed by atoms with Crippen LogP contribution in [0.1, 0.15) is 55.8 Å². The molecule has 2 atom stereocenters. The van der Waals surface area contributed by atoms with E-state index in [2.05, 4.69) is 48.6 Å². The van der Waals surface area contributed by atoms with Gasteiger partial charge in [-0.15, -0.1) is 0 Å². The van der Waals surface area contributed by atoms with Crippen molar-refractivity contribution in [3.8, 4) is 5.75 Å². The summed E-state index contributed by atoms with van der Waals surface area (Å²) in [5.41, 5.74) is 3.71. The van der Waals surface area contributed by atoms with Crippen LogP contribution in [0.25, 0.3) is 0 Å². The van der Waals surface area contributed by atoms with E-state index in [0.717, 1.165) is 24.3 Å². The maximum atomic E-state index is 13.4. The molecule has 2 N–H and O–H groups in total. The summed E-state index contributed by atoms with van der Waals surface area (Å²) < 4.78 is 19.2. The summed E-state index contributed by atoms with van der Waals surface area (Å²) in [5, 5.41) is 2.38. The Morgan fingerprint density at radius 1 is 0.759 bits per heavy atom. The molecule has 3 heteroatoms. The summed E-state index contributed by atoms with van der Waals surface area (Å²) in [6, 6.07) is 26.2. The third kappa shape index (κ3) is 6.16. The standard InChI is InChI=1S/C26H30FNO/c1-19(2)29-25-15-11-23(12-16-25)26(22-9-13-24(27)14-10-22)17-18-28-20(3)21-7-5-4-6-8-21/h4-16,19-20,26,28H,17-18H2,1-3H3/p+1/t20-,26+/m0/s1. The van der Waals surface area contributed by atoms with Crippen molar-refractivity contribution in [3.05, 3.63) is 101 Å². The lowest BCUT2D eigenvalue weighted by Crippen LogP contribution is -2.84. The Balaban J connectivity index is 1.72. The molecular weight excluding hydrogens is 361 g/mol. The highest BCUT2D eigenvalue weighted by molar-refractivity contribution is 5.36. The lowest BCUT2D eigenvalue weighted by Gasteiger charge is -2.20. The molecule has 0 spiro atoms. The smallest absolute Gasteiger partial charge is 0.123 e. The SMILES string of the molecule is CC(C)Oc1ccc([C@H](CC[NH2+][C@@H](C)c2ccccc2)c2ccc(F)cc2)cc1. The maximum absolute atomic E-state index is 13.4. The number of benzene rings is 3. The van der Waals surface area contributed by atoms with Gasteiger partial charge in [0.15, 0.2) is 0 Å². The molecule has 0 bridgehead atoms. The predicted molar refractivity (Wildman–Crippen MR) is 117 cm³/mol. The molecule has 0 heterocycles. The molecule has 152 valence electrons. The molecule has 3 aromatic rings. The number of hydrogen-bond acceptors (Lipinski definition) is 1. The number of nitrogens with two attached hydrogens (primary N) is 1. The quantitative estimate of drug-likeness (QED) is 0.514. The minimum absolute atomic E-state index is 0.155. The molecule has 0 saturated heterocycles. The Bertz CT molecular complexity index is 859. The van der Waals surface area contributed by atoms with E-state index < -0.39 is 0 Å². The molecule has 0 saturated carbocycles. The number of quaternary nitrogens is 1. The van der Waals surface area contributed by atoms with Gasteiger partial charge in [0.2, 0.25) is 0 Å². The van der Waals surface area contributed by atoms with Crippen LogP contribution >= 0.6 is 0 Å². The minimum Gasteiger partial charge on any atom is -0.491 e. The van der Waals surface area contributed by atoms with E-state index in [-0.39, 0.29) is 17.8 Å². The van der Waals surface area contributed by atoms with Crippen LogP contribution in [0.5, 0.6) is 5.75 Å². The molecular formula is C26H31FNO+. The lowest BCUT2D eigenvalue weighted by molar-refractivity contribution is -0.693. The maximum Gasteiger partial charge on any atom is 0.123 e. The Morgan fingerprint density at radius 3 is 1.93 bits per heavy atom. The van der Waals surface area contributed by atoms with Crippen LogP contribution in [0.3, 0.4) is 0 Å². The first-order chi connectivity index (χ1) is 14.0. The summed E-state index contributed by atoms with van der Waals surface area (Å²) in [6.45, 7) is 7.28. The molecule has 3 rings (SSSR count). The van der Waals surface area contributed by atoms with Gasteiger partial charge in [0.05, 0.1) is 12.6 Å². The van der Waals surface area contributed by atoms with Gasteiger partial charge in [0, 0.05) is 17.9 Å².